The number of aromatic carboxylic acids is 1. The van der Waals surface area contributed by atoms with E-state index in [0.717, 1.165) is 23.8 Å². The van der Waals surface area contributed by atoms with E-state index in [0.29, 0.717) is 47.1 Å². The van der Waals surface area contributed by atoms with Crippen LogP contribution in [-0.2, 0) is 16.1 Å². The van der Waals surface area contributed by atoms with Crippen LogP contribution >= 0.6 is 15.9 Å². The Morgan fingerprint density at radius 3 is 2.50 bits per heavy atom. The molecule has 0 spiro atoms. The molecule has 1 aliphatic rings. The molecule has 0 atom stereocenters. The minimum absolute atomic E-state index is 0.0554. The second-order valence-electron chi connectivity index (χ2n) is 9.18. The van der Waals surface area contributed by atoms with Crippen LogP contribution in [-0.4, -0.2) is 45.3 Å². The number of nitrogens with zero attached hydrogens (tertiary/aromatic N) is 1. The Labute approximate surface area is 217 Å². The van der Waals surface area contributed by atoms with Crippen LogP contribution in [0.25, 0.3) is 22.3 Å². The van der Waals surface area contributed by atoms with Gasteiger partial charge >= 0.3 is 12.1 Å². The minimum Gasteiger partial charge on any atom is -0.478 e. The number of carbonyl (C=O) groups is 3. The highest BCUT2D eigenvalue weighted by molar-refractivity contribution is 9.10. The summed E-state index contributed by atoms with van der Waals surface area (Å²) in [6.45, 7) is 2.43. The topological polar surface area (TPSA) is 117 Å². The lowest BCUT2D eigenvalue weighted by Crippen LogP contribution is -2.46. The molecule has 190 valence electrons. The third-order valence-corrected chi connectivity index (χ3v) is 7.37. The van der Waals surface area contributed by atoms with Gasteiger partial charge < -0.3 is 24.3 Å². The normalized spacial score (nSPS) is 14.6. The zero-order valence-electron chi connectivity index (χ0n) is 20.0. The fourth-order valence-corrected chi connectivity index (χ4v) is 5.53. The molecule has 2 N–H and O–H groups in total. The standard InChI is InChI=1S/C27H28BrNO7/c1-2-7-22(30)29(16-27(36-26(33)34)12-5-6-13-27)15-17-10-11-21-20(14-17)23(28)24(35-21)18-8-3-4-9-19(18)25(31)32/h3-4,8-11,14H,2,5-7,12-13,15-16H2,1H3,(H,31,32)(H,33,34). The van der Waals surface area contributed by atoms with Crippen molar-refractivity contribution in [3.05, 3.63) is 58.1 Å². The van der Waals surface area contributed by atoms with Crippen molar-refractivity contribution < 1.29 is 33.8 Å². The maximum atomic E-state index is 13.0. The van der Waals surface area contributed by atoms with Crippen LogP contribution in [0, 0.1) is 0 Å². The molecule has 0 aliphatic heterocycles. The third kappa shape index (κ3) is 5.41. The van der Waals surface area contributed by atoms with E-state index >= 15 is 0 Å². The first-order valence-corrected chi connectivity index (χ1v) is 12.8. The molecular formula is C27H28BrNO7. The molecule has 36 heavy (non-hydrogen) atoms. The fraction of sp³-hybridized carbons (Fsp3) is 0.370. The molecule has 0 radical (unpaired) electrons. The summed E-state index contributed by atoms with van der Waals surface area (Å²) in [5, 5.41) is 19.6. The van der Waals surface area contributed by atoms with Crippen molar-refractivity contribution in [3.8, 4) is 11.3 Å². The van der Waals surface area contributed by atoms with Crippen LogP contribution in [0.5, 0.6) is 0 Å². The molecule has 1 aromatic heterocycles. The van der Waals surface area contributed by atoms with Crippen LogP contribution in [0.2, 0.25) is 0 Å². The first kappa shape index (κ1) is 25.8. The van der Waals surface area contributed by atoms with Gasteiger partial charge in [-0.15, -0.1) is 0 Å². The number of furan rings is 1. The van der Waals surface area contributed by atoms with E-state index in [1.807, 2.05) is 19.1 Å². The second kappa shape index (κ2) is 10.7. The van der Waals surface area contributed by atoms with E-state index < -0.39 is 17.7 Å². The van der Waals surface area contributed by atoms with Crippen LogP contribution in [0.15, 0.2) is 51.4 Å². The Hall–Kier alpha value is -3.33. The SMILES string of the molecule is CCCC(=O)N(Cc1ccc2oc(-c3ccccc3C(=O)O)c(Br)c2c1)CC1(OC(=O)O)CCCC1. The number of hydrogen-bond acceptors (Lipinski definition) is 5. The maximum absolute atomic E-state index is 13.0. The van der Waals surface area contributed by atoms with Gasteiger partial charge in [0.2, 0.25) is 5.91 Å². The fourth-order valence-electron chi connectivity index (χ4n) is 4.92. The number of ether oxygens (including phenoxy) is 1. The predicted octanol–water partition coefficient (Wildman–Crippen LogP) is 6.70. The van der Waals surface area contributed by atoms with E-state index in [-0.39, 0.29) is 24.6 Å². The van der Waals surface area contributed by atoms with E-state index in [1.165, 1.54) is 6.07 Å². The number of fused-ring (bicyclic) bond motifs is 1. The van der Waals surface area contributed by atoms with Crippen molar-refractivity contribution in [2.45, 2.75) is 57.6 Å². The minimum atomic E-state index is -1.32. The van der Waals surface area contributed by atoms with Crippen molar-refractivity contribution in [3.63, 3.8) is 0 Å². The number of carbonyl (C=O) groups excluding carboxylic acids is 1. The van der Waals surface area contributed by atoms with Crippen molar-refractivity contribution in [1.82, 2.24) is 4.90 Å². The molecule has 8 nitrogen and oxygen atoms in total. The lowest BCUT2D eigenvalue weighted by Gasteiger charge is -2.34. The Kier molecular flexibility index (Phi) is 7.68. The first-order valence-electron chi connectivity index (χ1n) is 12.0. The summed E-state index contributed by atoms with van der Waals surface area (Å²) >= 11 is 3.58. The number of halogens is 1. The molecule has 1 amide bonds. The molecule has 4 rings (SSSR count). The number of carboxylic acids is 1. The van der Waals surface area contributed by atoms with Gasteiger partial charge in [0, 0.05) is 23.9 Å². The summed E-state index contributed by atoms with van der Waals surface area (Å²) in [5.41, 5.74) is 1.13. The van der Waals surface area contributed by atoms with Crippen molar-refractivity contribution in [1.29, 1.82) is 0 Å². The van der Waals surface area contributed by atoms with Crippen LogP contribution in [0.4, 0.5) is 4.79 Å². The van der Waals surface area contributed by atoms with Gasteiger partial charge in [-0.1, -0.05) is 31.2 Å². The molecule has 1 aliphatic carbocycles. The van der Waals surface area contributed by atoms with E-state index in [2.05, 4.69) is 15.9 Å². The summed E-state index contributed by atoms with van der Waals surface area (Å²) in [7, 11) is 0. The Balaban J connectivity index is 1.67. The van der Waals surface area contributed by atoms with Crippen LogP contribution in [0.1, 0.15) is 61.4 Å². The first-order chi connectivity index (χ1) is 17.2. The number of amides is 1. The van der Waals surface area contributed by atoms with Gasteiger partial charge in [0.1, 0.15) is 16.9 Å². The van der Waals surface area contributed by atoms with E-state index in [4.69, 9.17) is 9.15 Å². The molecule has 1 heterocycles. The van der Waals surface area contributed by atoms with Gasteiger partial charge in [0.05, 0.1) is 16.6 Å². The Morgan fingerprint density at radius 2 is 1.83 bits per heavy atom. The van der Waals surface area contributed by atoms with E-state index in [1.54, 1.807) is 29.2 Å². The average molecular weight is 558 g/mol. The van der Waals surface area contributed by atoms with E-state index in [9.17, 15) is 24.6 Å². The van der Waals surface area contributed by atoms with Gasteiger partial charge in [-0.2, -0.15) is 0 Å². The van der Waals surface area contributed by atoms with Crippen molar-refractivity contribution in [2.24, 2.45) is 0 Å². The summed E-state index contributed by atoms with van der Waals surface area (Å²) in [5.74, 6) is -0.688. The highest BCUT2D eigenvalue weighted by atomic mass is 79.9. The maximum Gasteiger partial charge on any atom is 0.506 e. The van der Waals surface area contributed by atoms with Crippen LogP contribution in [0.3, 0.4) is 0 Å². The molecule has 1 saturated carbocycles. The van der Waals surface area contributed by atoms with Gasteiger partial charge in [0.15, 0.2) is 0 Å². The summed E-state index contributed by atoms with van der Waals surface area (Å²) < 4.78 is 12.0. The third-order valence-electron chi connectivity index (χ3n) is 6.58. The van der Waals surface area contributed by atoms with Gasteiger partial charge in [0.25, 0.3) is 0 Å². The molecular weight excluding hydrogens is 530 g/mol. The Morgan fingerprint density at radius 1 is 1.11 bits per heavy atom. The largest absolute Gasteiger partial charge is 0.506 e. The average Bonchev–Trinajstić information content (AvgIpc) is 3.42. The zero-order chi connectivity index (χ0) is 25.9. The number of benzene rings is 2. The summed E-state index contributed by atoms with van der Waals surface area (Å²) in [6.07, 6.45) is 2.62. The predicted molar refractivity (Wildman–Crippen MR) is 137 cm³/mol. The molecule has 9 heteroatoms. The number of rotatable bonds is 9. The van der Waals surface area contributed by atoms with Gasteiger partial charge in [-0.25, -0.2) is 9.59 Å². The lowest BCUT2D eigenvalue weighted by molar-refractivity contribution is -0.136. The molecule has 3 aromatic rings. The lowest BCUT2D eigenvalue weighted by atomic mass is 10.00. The van der Waals surface area contributed by atoms with Crippen molar-refractivity contribution in [2.75, 3.05) is 6.54 Å². The summed E-state index contributed by atoms with van der Waals surface area (Å²) in [6, 6.07) is 12.2. The van der Waals surface area contributed by atoms with Gasteiger partial charge in [-0.05, 0) is 71.8 Å². The monoisotopic (exact) mass is 557 g/mol. The summed E-state index contributed by atoms with van der Waals surface area (Å²) in [4.78, 5) is 37.8. The number of hydrogen-bond donors (Lipinski definition) is 2. The molecule has 1 fully saturated rings. The highest BCUT2D eigenvalue weighted by Gasteiger charge is 2.40. The molecule has 2 aromatic carbocycles. The highest BCUT2D eigenvalue weighted by Crippen LogP contribution is 2.40. The quantitative estimate of drug-likeness (QED) is 0.281. The zero-order valence-corrected chi connectivity index (χ0v) is 21.5. The molecule has 0 unspecified atom stereocenters. The van der Waals surface area contributed by atoms with Crippen molar-refractivity contribution >= 4 is 44.9 Å². The molecule has 0 bridgehead atoms. The van der Waals surface area contributed by atoms with Gasteiger partial charge in [-0.3, -0.25) is 4.79 Å². The Bertz CT molecular complexity index is 1290. The smallest absolute Gasteiger partial charge is 0.478 e. The second-order valence-corrected chi connectivity index (χ2v) is 9.98. The van der Waals surface area contributed by atoms with Crippen LogP contribution < -0.4 is 0 Å². The number of carboxylic acid groups (broad SMARTS) is 2. The molecule has 0 saturated heterocycles.